The zero-order chi connectivity index (χ0) is 22.3. The molecule has 0 unspecified atom stereocenters. The second-order valence-corrected chi connectivity index (χ2v) is 8.32. The molecule has 3 aromatic carbocycles. The zero-order valence-corrected chi connectivity index (χ0v) is 18.8. The molecule has 1 N–H and O–H groups in total. The van der Waals surface area contributed by atoms with E-state index in [2.05, 4.69) is 27.6 Å². The second kappa shape index (κ2) is 10.2. The molecule has 4 aromatic rings. The predicted octanol–water partition coefficient (Wildman–Crippen LogP) is 4.89. The number of hydrogen-bond donors (Lipinski definition) is 1. The molecule has 0 saturated heterocycles. The number of methoxy groups -OCH3 is 1. The summed E-state index contributed by atoms with van der Waals surface area (Å²) < 4.78 is 7.22. The van der Waals surface area contributed by atoms with Gasteiger partial charge in [0.25, 0.3) is 0 Å². The normalized spacial score (nSPS) is 11.7. The van der Waals surface area contributed by atoms with E-state index in [9.17, 15) is 4.79 Å². The number of rotatable bonds is 8. The lowest BCUT2D eigenvalue weighted by atomic mass is 10.1. The first kappa shape index (κ1) is 21.6. The molecule has 1 amide bonds. The van der Waals surface area contributed by atoms with Gasteiger partial charge in [0.15, 0.2) is 5.16 Å². The highest BCUT2D eigenvalue weighted by Gasteiger charge is 2.25. The molecule has 0 aliphatic heterocycles. The van der Waals surface area contributed by atoms with Gasteiger partial charge >= 0.3 is 0 Å². The lowest BCUT2D eigenvalue weighted by Crippen LogP contribution is -2.19. The minimum Gasteiger partial charge on any atom is -0.497 e. The van der Waals surface area contributed by atoms with E-state index in [1.165, 1.54) is 11.8 Å². The van der Waals surface area contributed by atoms with Crippen molar-refractivity contribution in [2.24, 2.45) is 7.05 Å². The van der Waals surface area contributed by atoms with Crippen molar-refractivity contribution in [3.05, 3.63) is 102 Å². The molecule has 32 heavy (non-hydrogen) atoms. The number of carbonyl (C=O) groups excluding carboxylic acids is 1. The fraction of sp³-hybridized carbons (Fsp3) is 0.160. The van der Waals surface area contributed by atoms with Gasteiger partial charge < -0.3 is 14.6 Å². The standard InChI is InChI=1S/C25H24N4O2S/c1-29-22(16-18-10-5-3-6-11-18)27-28-25(29)32-23(19-12-7-4-8-13-19)24(30)26-20-14-9-15-21(17-20)31-2/h3-15,17,23H,16H2,1-2H3,(H,26,30)/t23-/m1/s1. The van der Waals surface area contributed by atoms with Gasteiger partial charge in [-0.05, 0) is 23.3 Å². The molecule has 4 rings (SSSR count). The van der Waals surface area contributed by atoms with Crippen LogP contribution in [0.25, 0.3) is 0 Å². The third-order valence-electron chi connectivity index (χ3n) is 5.03. The van der Waals surface area contributed by atoms with Crippen LogP contribution in [0.3, 0.4) is 0 Å². The van der Waals surface area contributed by atoms with Gasteiger partial charge in [0.05, 0.1) is 7.11 Å². The number of ether oxygens (including phenoxy) is 1. The van der Waals surface area contributed by atoms with Crippen molar-refractivity contribution in [3.8, 4) is 5.75 Å². The SMILES string of the molecule is COc1cccc(NC(=O)[C@H](Sc2nnc(Cc3ccccc3)n2C)c2ccccc2)c1. The Kier molecular flexibility index (Phi) is 6.87. The summed E-state index contributed by atoms with van der Waals surface area (Å²) in [6.45, 7) is 0. The van der Waals surface area contributed by atoms with E-state index in [1.807, 2.05) is 78.3 Å². The zero-order valence-electron chi connectivity index (χ0n) is 17.9. The molecule has 0 aliphatic rings. The van der Waals surface area contributed by atoms with Crippen molar-refractivity contribution < 1.29 is 9.53 Å². The van der Waals surface area contributed by atoms with Gasteiger partial charge in [0.2, 0.25) is 5.91 Å². The van der Waals surface area contributed by atoms with E-state index in [-0.39, 0.29) is 5.91 Å². The number of anilines is 1. The fourth-order valence-electron chi connectivity index (χ4n) is 3.29. The minimum absolute atomic E-state index is 0.137. The Hall–Kier alpha value is -3.58. The topological polar surface area (TPSA) is 69.0 Å². The molecule has 7 heteroatoms. The molecule has 1 atom stereocenters. The van der Waals surface area contributed by atoms with Crippen molar-refractivity contribution in [1.29, 1.82) is 0 Å². The quantitative estimate of drug-likeness (QED) is 0.392. The maximum Gasteiger partial charge on any atom is 0.242 e. The summed E-state index contributed by atoms with van der Waals surface area (Å²) in [5.41, 5.74) is 2.74. The molecule has 6 nitrogen and oxygen atoms in total. The van der Waals surface area contributed by atoms with E-state index < -0.39 is 5.25 Å². The van der Waals surface area contributed by atoms with E-state index in [0.717, 1.165) is 17.0 Å². The van der Waals surface area contributed by atoms with E-state index in [4.69, 9.17) is 4.74 Å². The Labute approximate surface area is 191 Å². The fourth-order valence-corrected chi connectivity index (χ4v) is 4.32. The van der Waals surface area contributed by atoms with Crippen molar-refractivity contribution >= 4 is 23.4 Å². The molecular formula is C25H24N4O2S. The Morgan fingerprint density at radius 2 is 1.72 bits per heavy atom. The maximum absolute atomic E-state index is 13.3. The van der Waals surface area contributed by atoms with Crippen LogP contribution in [0.1, 0.15) is 22.2 Å². The van der Waals surface area contributed by atoms with Gasteiger partial charge in [-0.2, -0.15) is 0 Å². The predicted molar refractivity (Wildman–Crippen MR) is 127 cm³/mol. The summed E-state index contributed by atoms with van der Waals surface area (Å²) in [4.78, 5) is 13.3. The van der Waals surface area contributed by atoms with Gasteiger partial charge in [0, 0.05) is 25.2 Å². The minimum atomic E-state index is -0.491. The van der Waals surface area contributed by atoms with Crippen molar-refractivity contribution in [2.75, 3.05) is 12.4 Å². The van der Waals surface area contributed by atoms with E-state index in [0.29, 0.717) is 23.0 Å². The monoisotopic (exact) mass is 444 g/mol. The van der Waals surface area contributed by atoms with Crippen LogP contribution in [0.2, 0.25) is 0 Å². The van der Waals surface area contributed by atoms with Crippen LogP contribution in [0, 0.1) is 0 Å². The number of nitrogens with zero attached hydrogens (tertiary/aromatic N) is 3. The number of thioether (sulfide) groups is 1. The number of aromatic nitrogens is 3. The summed E-state index contributed by atoms with van der Waals surface area (Å²) in [5, 5.41) is 11.9. The summed E-state index contributed by atoms with van der Waals surface area (Å²) in [7, 11) is 3.54. The number of hydrogen-bond acceptors (Lipinski definition) is 5. The lowest BCUT2D eigenvalue weighted by molar-refractivity contribution is -0.115. The number of amides is 1. The molecule has 1 heterocycles. The molecule has 0 saturated carbocycles. The van der Waals surface area contributed by atoms with Crippen molar-refractivity contribution in [2.45, 2.75) is 16.8 Å². The van der Waals surface area contributed by atoms with Crippen LogP contribution < -0.4 is 10.1 Å². The Bertz CT molecular complexity index is 1180. The Balaban J connectivity index is 1.57. The van der Waals surface area contributed by atoms with Crippen LogP contribution in [0.5, 0.6) is 5.75 Å². The molecule has 0 fully saturated rings. The molecule has 162 valence electrons. The molecule has 0 spiro atoms. The summed E-state index contributed by atoms with van der Waals surface area (Å²) in [6.07, 6.45) is 0.677. The maximum atomic E-state index is 13.3. The van der Waals surface area contributed by atoms with Crippen LogP contribution >= 0.6 is 11.8 Å². The second-order valence-electron chi connectivity index (χ2n) is 7.25. The Morgan fingerprint density at radius 3 is 2.44 bits per heavy atom. The molecular weight excluding hydrogens is 420 g/mol. The highest BCUT2D eigenvalue weighted by Crippen LogP contribution is 2.35. The van der Waals surface area contributed by atoms with Crippen LogP contribution in [-0.4, -0.2) is 27.8 Å². The smallest absolute Gasteiger partial charge is 0.242 e. The number of nitrogens with one attached hydrogen (secondary N) is 1. The van der Waals surface area contributed by atoms with Gasteiger partial charge in [-0.25, -0.2) is 0 Å². The summed E-state index contributed by atoms with van der Waals surface area (Å²) in [5.74, 6) is 1.39. The number of carbonyl (C=O) groups is 1. The molecule has 1 aromatic heterocycles. The van der Waals surface area contributed by atoms with Crippen LogP contribution in [0.15, 0.2) is 90.1 Å². The Morgan fingerprint density at radius 1 is 1.00 bits per heavy atom. The summed E-state index contributed by atoms with van der Waals surface area (Å²) in [6, 6.07) is 27.2. The first-order valence-corrected chi connectivity index (χ1v) is 11.1. The average Bonchev–Trinajstić information content (AvgIpc) is 3.17. The molecule has 0 radical (unpaired) electrons. The van der Waals surface area contributed by atoms with Crippen molar-refractivity contribution in [3.63, 3.8) is 0 Å². The molecule has 0 bridgehead atoms. The summed E-state index contributed by atoms with van der Waals surface area (Å²) >= 11 is 1.38. The van der Waals surface area contributed by atoms with Gasteiger partial charge in [-0.1, -0.05) is 78.5 Å². The van der Waals surface area contributed by atoms with Gasteiger partial charge in [-0.15, -0.1) is 10.2 Å². The molecule has 0 aliphatic carbocycles. The van der Waals surface area contributed by atoms with E-state index >= 15 is 0 Å². The van der Waals surface area contributed by atoms with E-state index in [1.54, 1.807) is 13.2 Å². The van der Waals surface area contributed by atoms with Gasteiger partial charge in [0.1, 0.15) is 16.8 Å². The number of benzene rings is 3. The third kappa shape index (κ3) is 5.18. The van der Waals surface area contributed by atoms with Crippen LogP contribution in [0.4, 0.5) is 5.69 Å². The first-order chi connectivity index (χ1) is 15.6. The average molecular weight is 445 g/mol. The van der Waals surface area contributed by atoms with Gasteiger partial charge in [-0.3, -0.25) is 4.79 Å². The highest BCUT2D eigenvalue weighted by atomic mass is 32.2. The highest BCUT2D eigenvalue weighted by molar-refractivity contribution is 8.00. The van der Waals surface area contributed by atoms with Crippen molar-refractivity contribution in [1.82, 2.24) is 14.8 Å². The lowest BCUT2D eigenvalue weighted by Gasteiger charge is -2.17. The largest absolute Gasteiger partial charge is 0.497 e. The first-order valence-electron chi connectivity index (χ1n) is 10.2. The third-order valence-corrected chi connectivity index (χ3v) is 6.32. The van der Waals surface area contributed by atoms with Crippen LogP contribution in [-0.2, 0) is 18.3 Å².